The van der Waals surface area contributed by atoms with Crippen LogP contribution in [-0.2, 0) is 9.84 Å². The van der Waals surface area contributed by atoms with E-state index in [4.69, 9.17) is 9.94 Å². The minimum atomic E-state index is -3.26. The van der Waals surface area contributed by atoms with E-state index in [1.165, 1.54) is 23.4 Å². The van der Waals surface area contributed by atoms with E-state index in [9.17, 15) is 13.2 Å². The number of nitrogens with one attached hydrogen (secondary N) is 1. The smallest absolute Gasteiger partial charge is 0.407 e. The third-order valence-corrected chi connectivity index (χ3v) is 6.24. The summed E-state index contributed by atoms with van der Waals surface area (Å²) >= 11 is 0. The van der Waals surface area contributed by atoms with Gasteiger partial charge in [-0.1, -0.05) is 17.3 Å². The number of rotatable bonds is 6. The first-order valence-electron chi connectivity index (χ1n) is 9.73. The lowest BCUT2D eigenvalue weighted by atomic mass is 10.1. The molecule has 0 saturated carbocycles. The highest BCUT2D eigenvalue weighted by Crippen LogP contribution is 2.24. The van der Waals surface area contributed by atoms with Crippen LogP contribution < -0.4 is 10.2 Å². The summed E-state index contributed by atoms with van der Waals surface area (Å²) in [5.41, 5.74) is 1.98. The highest BCUT2D eigenvalue weighted by molar-refractivity contribution is 7.90. The van der Waals surface area contributed by atoms with E-state index in [1.807, 2.05) is 6.92 Å². The van der Waals surface area contributed by atoms with E-state index in [2.05, 4.69) is 20.4 Å². The van der Waals surface area contributed by atoms with E-state index >= 15 is 0 Å². The summed E-state index contributed by atoms with van der Waals surface area (Å²) in [7, 11) is -3.26. The molecule has 1 aromatic carbocycles. The van der Waals surface area contributed by atoms with E-state index < -0.39 is 15.9 Å². The van der Waals surface area contributed by atoms with Gasteiger partial charge in [-0.25, -0.2) is 18.2 Å². The van der Waals surface area contributed by atoms with Crippen LogP contribution >= 0.6 is 0 Å². The largest absolute Gasteiger partial charge is 0.465 e. The van der Waals surface area contributed by atoms with Gasteiger partial charge in [0.25, 0.3) is 5.88 Å². The van der Waals surface area contributed by atoms with E-state index in [0.29, 0.717) is 48.9 Å². The van der Waals surface area contributed by atoms with Crippen LogP contribution in [0.3, 0.4) is 0 Å². The van der Waals surface area contributed by atoms with Gasteiger partial charge in [-0.2, -0.15) is 4.98 Å². The summed E-state index contributed by atoms with van der Waals surface area (Å²) in [5, 5.41) is 16.5. The van der Waals surface area contributed by atoms with Crippen LogP contribution in [0.5, 0.6) is 5.88 Å². The van der Waals surface area contributed by atoms with Crippen LogP contribution in [0.1, 0.15) is 30.9 Å². The average Bonchev–Trinajstić information content (AvgIpc) is 2.74. The third-order valence-electron chi connectivity index (χ3n) is 5.11. The number of amides is 1. The van der Waals surface area contributed by atoms with Gasteiger partial charge >= 0.3 is 6.09 Å². The molecule has 0 unspecified atom stereocenters. The predicted octanol–water partition coefficient (Wildman–Crippen LogP) is 2.55. The van der Waals surface area contributed by atoms with Crippen molar-refractivity contribution >= 4 is 27.5 Å². The standard InChI is InChI=1S/C20H25N5O5S/c1-13-18(23-16-8-10-25(11-9-16)20(26)27)21-12-22-19(13)30-24-14(2)15-4-6-17(7-5-15)31(3,28)29/h4-7,12,16H,8-11H2,1-3H3,(H,26,27)(H,21,22,23). The molecule has 1 fully saturated rings. The van der Waals surface area contributed by atoms with E-state index in [0.717, 1.165) is 11.8 Å². The lowest BCUT2D eigenvalue weighted by molar-refractivity contribution is 0.133. The average molecular weight is 448 g/mol. The predicted molar refractivity (Wildman–Crippen MR) is 115 cm³/mol. The minimum Gasteiger partial charge on any atom is -0.465 e. The van der Waals surface area contributed by atoms with Crippen LogP contribution in [0.2, 0.25) is 0 Å². The summed E-state index contributed by atoms with van der Waals surface area (Å²) in [5.74, 6) is 0.914. The molecule has 1 aliphatic heterocycles. The third kappa shape index (κ3) is 5.69. The Labute approximate surface area is 180 Å². The Kier molecular flexibility index (Phi) is 6.74. The van der Waals surface area contributed by atoms with Gasteiger partial charge in [0.15, 0.2) is 9.84 Å². The zero-order valence-corrected chi connectivity index (χ0v) is 18.4. The Bertz CT molecular complexity index is 1080. The fourth-order valence-electron chi connectivity index (χ4n) is 3.19. The lowest BCUT2D eigenvalue weighted by Gasteiger charge is -2.31. The number of carbonyl (C=O) groups is 1. The molecule has 166 valence electrons. The van der Waals surface area contributed by atoms with Crippen molar-refractivity contribution < 1.29 is 23.2 Å². The normalized spacial score (nSPS) is 15.6. The van der Waals surface area contributed by atoms with Gasteiger partial charge in [0.05, 0.1) is 16.2 Å². The van der Waals surface area contributed by atoms with E-state index in [1.54, 1.807) is 19.1 Å². The van der Waals surface area contributed by atoms with Crippen LogP contribution in [0, 0.1) is 6.92 Å². The van der Waals surface area contributed by atoms with Crippen LogP contribution in [-0.4, -0.2) is 65.6 Å². The van der Waals surface area contributed by atoms with Gasteiger partial charge < -0.3 is 20.2 Å². The summed E-state index contributed by atoms with van der Waals surface area (Å²) in [4.78, 5) is 26.6. The SMILES string of the molecule is CC(=NOc1ncnc(NC2CCN(C(=O)O)CC2)c1C)c1ccc(S(C)(=O)=O)cc1. The molecule has 0 atom stereocenters. The number of anilines is 1. The number of benzene rings is 1. The molecule has 1 amide bonds. The number of sulfone groups is 1. The molecule has 1 saturated heterocycles. The fourth-order valence-corrected chi connectivity index (χ4v) is 3.82. The number of nitrogens with zero attached hydrogens (tertiary/aromatic N) is 4. The Morgan fingerprint density at radius 3 is 2.45 bits per heavy atom. The molecule has 2 aromatic rings. The zero-order valence-electron chi connectivity index (χ0n) is 17.6. The van der Waals surface area contributed by atoms with Gasteiger partial charge in [-0.3, -0.25) is 0 Å². The number of oxime groups is 1. The molecular formula is C20H25N5O5S. The number of aromatic nitrogens is 2. The molecule has 3 rings (SSSR count). The summed E-state index contributed by atoms with van der Waals surface area (Å²) in [6, 6.07) is 6.49. The molecule has 0 bridgehead atoms. The molecule has 2 heterocycles. The topological polar surface area (TPSA) is 134 Å². The monoisotopic (exact) mass is 447 g/mol. The van der Waals surface area contributed by atoms with Crippen molar-refractivity contribution in [2.75, 3.05) is 24.7 Å². The molecule has 1 aromatic heterocycles. The van der Waals surface area contributed by atoms with Crippen molar-refractivity contribution in [1.82, 2.24) is 14.9 Å². The van der Waals surface area contributed by atoms with Crippen molar-refractivity contribution in [2.24, 2.45) is 5.16 Å². The number of carboxylic acid groups (broad SMARTS) is 1. The first kappa shape index (κ1) is 22.5. The van der Waals surface area contributed by atoms with Gasteiger partial charge in [0, 0.05) is 25.4 Å². The second-order valence-corrected chi connectivity index (χ2v) is 9.42. The molecule has 10 nitrogen and oxygen atoms in total. The molecule has 0 radical (unpaired) electrons. The van der Waals surface area contributed by atoms with Crippen molar-refractivity contribution in [1.29, 1.82) is 0 Å². The maximum absolute atomic E-state index is 11.6. The quantitative estimate of drug-likeness (QED) is 0.510. The first-order chi connectivity index (χ1) is 14.6. The Morgan fingerprint density at radius 1 is 1.23 bits per heavy atom. The molecule has 31 heavy (non-hydrogen) atoms. The number of hydrogen-bond acceptors (Lipinski definition) is 8. The van der Waals surface area contributed by atoms with Crippen molar-refractivity contribution in [3.8, 4) is 5.88 Å². The number of likely N-dealkylation sites (tertiary alicyclic amines) is 1. The molecule has 0 spiro atoms. The second kappa shape index (κ2) is 9.29. The molecule has 0 aliphatic carbocycles. The van der Waals surface area contributed by atoms with Gasteiger partial charge in [-0.05, 0) is 44.4 Å². The van der Waals surface area contributed by atoms with Gasteiger partial charge in [0.2, 0.25) is 0 Å². The molecule has 11 heteroatoms. The first-order valence-corrected chi connectivity index (χ1v) is 11.6. The molecular weight excluding hydrogens is 422 g/mol. The Hall–Kier alpha value is -3.21. The highest BCUT2D eigenvalue weighted by atomic mass is 32.2. The summed E-state index contributed by atoms with van der Waals surface area (Å²) in [6.07, 6.45) is 3.01. The Balaban J connectivity index is 1.66. The number of piperidine rings is 1. The second-order valence-electron chi connectivity index (χ2n) is 7.41. The Morgan fingerprint density at radius 2 is 1.87 bits per heavy atom. The minimum absolute atomic E-state index is 0.107. The zero-order chi connectivity index (χ0) is 22.6. The van der Waals surface area contributed by atoms with Crippen LogP contribution in [0.15, 0.2) is 40.6 Å². The van der Waals surface area contributed by atoms with Crippen LogP contribution in [0.4, 0.5) is 10.6 Å². The maximum atomic E-state index is 11.6. The summed E-state index contributed by atoms with van der Waals surface area (Å²) < 4.78 is 23.2. The maximum Gasteiger partial charge on any atom is 0.407 e. The molecule has 2 N–H and O–H groups in total. The van der Waals surface area contributed by atoms with Crippen LogP contribution in [0.25, 0.3) is 0 Å². The van der Waals surface area contributed by atoms with E-state index in [-0.39, 0.29) is 10.9 Å². The van der Waals surface area contributed by atoms with Crippen molar-refractivity contribution in [3.63, 3.8) is 0 Å². The lowest BCUT2D eigenvalue weighted by Crippen LogP contribution is -2.41. The van der Waals surface area contributed by atoms with Gasteiger partial charge in [-0.15, -0.1) is 0 Å². The summed E-state index contributed by atoms with van der Waals surface area (Å²) in [6.45, 7) is 4.52. The molecule has 1 aliphatic rings. The highest BCUT2D eigenvalue weighted by Gasteiger charge is 2.23. The number of hydrogen-bond donors (Lipinski definition) is 2. The van der Waals surface area contributed by atoms with Crippen molar-refractivity contribution in [2.45, 2.75) is 37.6 Å². The van der Waals surface area contributed by atoms with Crippen molar-refractivity contribution in [3.05, 3.63) is 41.7 Å². The van der Waals surface area contributed by atoms with Gasteiger partial charge in [0.1, 0.15) is 12.1 Å². The fraction of sp³-hybridized carbons (Fsp3) is 0.400.